The summed E-state index contributed by atoms with van der Waals surface area (Å²) in [4.78, 5) is 18.8. The SMILES string of the molecule is CCOC(=O)C1CC=C(c2ncc[nH]2)CC1. The minimum atomic E-state index is -0.0720. The maximum atomic E-state index is 11.5. The van der Waals surface area contributed by atoms with Gasteiger partial charge in [-0.15, -0.1) is 0 Å². The molecule has 1 unspecified atom stereocenters. The molecule has 0 amide bonds. The number of rotatable bonds is 3. The van der Waals surface area contributed by atoms with E-state index in [1.165, 1.54) is 5.57 Å². The average molecular weight is 220 g/mol. The summed E-state index contributed by atoms with van der Waals surface area (Å²) in [6.45, 7) is 2.30. The summed E-state index contributed by atoms with van der Waals surface area (Å²) in [6.07, 6.45) is 8.14. The Morgan fingerprint density at radius 3 is 3.12 bits per heavy atom. The zero-order valence-electron chi connectivity index (χ0n) is 9.40. The topological polar surface area (TPSA) is 55.0 Å². The fourth-order valence-electron chi connectivity index (χ4n) is 1.96. The molecule has 4 nitrogen and oxygen atoms in total. The molecule has 0 saturated carbocycles. The molecule has 1 heterocycles. The monoisotopic (exact) mass is 220 g/mol. The second-order valence-electron chi connectivity index (χ2n) is 3.89. The van der Waals surface area contributed by atoms with E-state index in [9.17, 15) is 4.79 Å². The van der Waals surface area contributed by atoms with Crippen molar-refractivity contribution < 1.29 is 9.53 Å². The summed E-state index contributed by atoms with van der Waals surface area (Å²) < 4.78 is 5.02. The summed E-state index contributed by atoms with van der Waals surface area (Å²) in [5, 5.41) is 0. The number of carbonyl (C=O) groups excluding carboxylic acids is 1. The van der Waals surface area contributed by atoms with E-state index in [0.29, 0.717) is 6.61 Å². The first kappa shape index (κ1) is 10.9. The fourth-order valence-corrected chi connectivity index (χ4v) is 1.96. The third-order valence-corrected chi connectivity index (χ3v) is 2.83. The molecule has 0 aromatic carbocycles. The van der Waals surface area contributed by atoms with Crippen LogP contribution in [0.25, 0.3) is 5.57 Å². The summed E-state index contributed by atoms with van der Waals surface area (Å²) in [6, 6.07) is 0. The first-order valence-electron chi connectivity index (χ1n) is 5.66. The lowest BCUT2D eigenvalue weighted by atomic mass is 9.89. The molecule has 1 N–H and O–H groups in total. The van der Waals surface area contributed by atoms with Crippen molar-refractivity contribution in [2.45, 2.75) is 26.2 Å². The molecule has 0 spiro atoms. The number of ether oxygens (including phenoxy) is 1. The van der Waals surface area contributed by atoms with E-state index in [-0.39, 0.29) is 11.9 Å². The van der Waals surface area contributed by atoms with Crippen LogP contribution in [-0.4, -0.2) is 22.5 Å². The van der Waals surface area contributed by atoms with Gasteiger partial charge in [0.05, 0.1) is 12.5 Å². The highest BCUT2D eigenvalue weighted by Gasteiger charge is 2.23. The highest BCUT2D eigenvalue weighted by molar-refractivity contribution is 5.74. The summed E-state index contributed by atoms with van der Waals surface area (Å²) in [5.74, 6) is 0.873. The molecule has 4 heteroatoms. The lowest BCUT2D eigenvalue weighted by Gasteiger charge is -2.19. The molecule has 1 aliphatic rings. The van der Waals surface area contributed by atoms with Crippen LogP contribution in [0.15, 0.2) is 18.5 Å². The Balaban J connectivity index is 1.97. The number of aromatic amines is 1. The maximum absolute atomic E-state index is 11.5. The highest BCUT2D eigenvalue weighted by atomic mass is 16.5. The number of allylic oxidation sites excluding steroid dienone is 2. The Hall–Kier alpha value is -1.58. The van der Waals surface area contributed by atoms with E-state index in [4.69, 9.17) is 4.74 Å². The molecule has 1 aromatic heterocycles. The highest BCUT2D eigenvalue weighted by Crippen LogP contribution is 2.29. The van der Waals surface area contributed by atoms with Crippen molar-refractivity contribution in [3.05, 3.63) is 24.3 Å². The van der Waals surface area contributed by atoms with Crippen LogP contribution in [0.4, 0.5) is 0 Å². The lowest BCUT2D eigenvalue weighted by molar-refractivity contribution is -0.148. The van der Waals surface area contributed by atoms with Crippen molar-refractivity contribution in [2.75, 3.05) is 6.61 Å². The molecule has 1 aliphatic carbocycles. The van der Waals surface area contributed by atoms with Gasteiger partial charge in [-0.25, -0.2) is 4.98 Å². The minimum Gasteiger partial charge on any atom is -0.466 e. The normalized spacial score (nSPS) is 20.3. The smallest absolute Gasteiger partial charge is 0.309 e. The van der Waals surface area contributed by atoms with E-state index in [0.717, 1.165) is 25.1 Å². The molecular weight excluding hydrogens is 204 g/mol. The van der Waals surface area contributed by atoms with E-state index in [2.05, 4.69) is 16.0 Å². The van der Waals surface area contributed by atoms with Crippen molar-refractivity contribution in [3.63, 3.8) is 0 Å². The van der Waals surface area contributed by atoms with Crippen molar-refractivity contribution in [2.24, 2.45) is 5.92 Å². The predicted molar refractivity (Wildman–Crippen MR) is 60.5 cm³/mol. The van der Waals surface area contributed by atoms with Crippen LogP contribution in [0.3, 0.4) is 0 Å². The van der Waals surface area contributed by atoms with Crippen molar-refractivity contribution in [3.8, 4) is 0 Å². The lowest BCUT2D eigenvalue weighted by Crippen LogP contribution is -2.19. The van der Waals surface area contributed by atoms with Crippen LogP contribution in [0.2, 0.25) is 0 Å². The standard InChI is InChI=1S/C12H16N2O2/c1-2-16-12(15)10-5-3-9(4-6-10)11-13-7-8-14-11/h3,7-8,10H,2,4-6H2,1H3,(H,13,14). The third kappa shape index (κ3) is 2.32. The number of nitrogens with one attached hydrogen (secondary N) is 1. The molecule has 86 valence electrons. The number of imidazole rings is 1. The van der Waals surface area contributed by atoms with Gasteiger partial charge in [-0.2, -0.15) is 0 Å². The number of aromatic nitrogens is 2. The Bertz CT molecular complexity index is 382. The molecule has 16 heavy (non-hydrogen) atoms. The van der Waals surface area contributed by atoms with Gasteiger partial charge in [0, 0.05) is 12.4 Å². The molecular formula is C12H16N2O2. The van der Waals surface area contributed by atoms with Crippen LogP contribution >= 0.6 is 0 Å². The predicted octanol–water partition coefficient (Wildman–Crippen LogP) is 2.16. The number of hydrogen-bond donors (Lipinski definition) is 1. The van der Waals surface area contributed by atoms with Gasteiger partial charge < -0.3 is 9.72 Å². The molecule has 2 rings (SSSR count). The summed E-state index contributed by atoms with van der Waals surface area (Å²) in [7, 11) is 0. The summed E-state index contributed by atoms with van der Waals surface area (Å²) >= 11 is 0. The van der Waals surface area contributed by atoms with Crippen molar-refractivity contribution >= 4 is 11.5 Å². The van der Waals surface area contributed by atoms with Gasteiger partial charge in [-0.1, -0.05) is 6.08 Å². The van der Waals surface area contributed by atoms with Crippen LogP contribution in [0.1, 0.15) is 32.0 Å². The molecule has 0 aliphatic heterocycles. The van der Waals surface area contributed by atoms with Crippen LogP contribution in [-0.2, 0) is 9.53 Å². The van der Waals surface area contributed by atoms with Gasteiger partial charge in [0.25, 0.3) is 0 Å². The maximum Gasteiger partial charge on any atom is 0.309 e. The zero-order valence-corrected chi connectivity index (χ0v) is 9.40. The Labute approximate surface area is 94.7 Å². The Morgan fingerprint density at radius 2 is 2.56 bits per heavy atom. The first-order chi connectivity index (χ1) is 7.81. The minimum absolute atomic E-state index is 0.0265. The van der Waals surface area contributed by atoms with E-state index < -0.39 is 0 Å². The number of H-pyrrole nitrogens is 1. The van der Waals surface area contributed by atoms with Crippen LogP contribution < -0.4 is 0 Å². The number of esters is 1. The molecule has 0 saturated heterocycles. The molecule has 1 atom stereocenters. The van der Waals surface area contributed by atoms with Gasteiger partial charge >= 0.3 is 5.97 Å². The quantitative estimate of drug-likeness (QED) is 0.794. The van der Waals surface area contributed by atoms with Gasteiger partial charge in [0.15, 0.2) is 0 Å². The van der Waals surface area contributed by atoms with Gasteiger partial charge in [0.2, 0.25) is 0 Å². The average Bonchev–Trinajstić information content (AvgIpc) is 2.83. The molecule has 0 bridgehead atoms. The molecule has 0 radical (unpaired) electrons. The van der Waals surface area contributed by atoms with Gasteiger partial charge in [-0.3, -0.25) is 4.79 Å². The Morgan fingerprint density at radius 1 is 1.69 bits per heavy atom. The fraction of sp³-hybridized carbons (Fsp3) is 0.500. The number of nitrogens with zero attached hydrogens (tertiary/aromatic N) is 1. The van der Waals surface area contributed by atoms with Crippen molar-refractivity contribution in [1.29, 1.82) is 0 Å². The number of hydrogen-bond acceptors (Lipinski definition) is 3. The largest absolute Gasteiger partial charge is 0.466 e. The van der Waals surface area contributed by atoms with E-state index in [1.54, 1.807) is 6.20 Å². The van der Waals surface area contributed by atoms with Gasteiger partial charge in [0.1, 0.15) is 5.82 Å². The zero-order chi connectivity index (χ0) is 11.4. The molecule has 1 aromatic rings. The Kier molecular flexibility index (Phi) is 3.39. The second kappa shape index (κ2) is 4.96. The van der Waals surface area contributed by atoms with Crippen LogP contribution in [0.5, 0.6) is 0 Å². The van der Waals surface area contributed by atoms with E-state index in [1.807, 2.05) is 13.1 Å². The van der Waals surface area contributed by atoms with Crippen molar-refractivity contribution in [1.82, 2.24) is 9.97 Å². The molecule has 0 fully saturated rings. The summed E-state index contributed by atoms with van der Waals surface area (Å²) in [5.41, 5.74) is 1.20. The van der Waals surface area contributed by atoms with Crippen LogP contribution in [0, 0.1) is 5.92 Å². The van der Waals surface area contributed by atoms with Gasteiger partial charge in [-0.05, 0) is 31.8 Å². The van der Waals surface area contributed by atoms with E-state index >= 15 is 0 Å². The third-order valence-electron chi connectivity index (χ3n) is 2.83. The second-order valence-corrected chi connectivity index (χ2v) is 3.89. The first-order valence-corrected chi connectivity index (χ1v) is 5.66. The number of carbonyl (C=O) groups is 1.